The number of hydrogen-bond donors (Lipinski definition) is 1. The van der Waals surface area contributed by atoms with Crippen LogP contribution < -0.4 is 9.64 Å². The Hall–Kier alpha value is -3.26. The summed E-state index contributed by atoms with van der Waals surface area (Å²) in [6.45, 7) is 2.33. The number of aromatic amines is 1. The molecule has 0 saturated heterocycles. The van der Waals surface area contributed by atoms with E-state index < -0.39 is 17.8 Å². The van der Waals surface area contributed by atoms with E-state index >= 15 is 0 Å². The number of fused-ring (bicyclic) bond motifs is 2. The second kappa shape index (κ2) is 7.16. The van der Waals surface area contributed by atoms with Gasteiger partial charge in [-0.1, -0.05) is 29.8 Å². The molecular formula is C22H16ClF3N4O. The molecule has 1 aliphatic rings. The second-order valence-corrected chi connectivity index (χ2v) is 7.76. The van der Waals surface area contributed by atoms with Crippen molar-refractivity contribution in [3.05, 3.63) is 76.7 Å². The van der Waals surface area contributed by atoms with Crippen LogP contribution >= 0.6 is 11.6 Å². The normalized spacial score (nSPS) is 16.3. The number of pyridine rings is 1. The summed E-state index contributed by atoms with van der Waals surface area (Å²) in [7, 11) is 0. The first-order valence-corrected chi connectivity index (χ1v) is 9.89. The molecule has 5 rings (SSSR count). The summed E-state index contributed by atoms with van der Waals surface area (Å²) in [6, 6.07) is 13.3. The van der Waals surface area contributed by atoms with E-state index in [9.17, 15) is 13.2 Å². The quantitative estimate of drug-likeness (QED) is 0.399. The molecule has 1 atom stereocenters. The number of nitrogens with one attached hydrogen (secondary N) is 1. The highest BCUT2D eigenvalue weighted by Gasteiger charge is 2.33. The van der Waals surface area contributed by atoms with Crippen LogP contribution in [0.4, 0.5) is 24.7 Å². The molecule has 0 fully saturated rings. The lowest BCUT2D eigenvalue weighted by molar-refractivity contribution is -0.137. The SMILES string of the molecule is Cc1ccc(N2CC(c3nc4c(Cl)cc(C(F)(F)F)cc4[nH]3)Oc3ccccc32)nc1. The number of aryl methyl sites for hydroxylation is 1. The van der Waals surface area contributed by atoms with Crippen LogP contribution in [0.3, 0.4) is 0 Å². The van der Waals surface area contributed by atoms with Gasteiger partial charge in [0.1, 0.15) is 22.9 Å². The second-order valence-electron chi connectivity index (χ2n) is 7.35. The van der Waals surface area contributed by atoms with Crippen LogP contribution in [0.25, 0.3) is 11.0 Å². The number of ether oxygens (including phenoxy) is 1. The van der Waals surface area contributed by atoms with Crippen LogP contribution in [0.1, 0.15) is 23.1 Å². The van der Waals surface area contributed by atoms with Gasteiger partial charge in [-0.05, 0) is 42.8 Å². The maximum atomic E-state index is 13.2. The van der Waals surface area contributed by atoms with Gasteiger partial charge in [0.05, 0.1) is 28.3 Å². The Bertz CT molecular complexity index is 1270. The van der Waals surface area contributed by atoms with Crippen LogP contribution in [0, 0.1) is 6.92 Å². The molecule has 0 spiro atoms. The fraction of sp³-hybridized carbons (Fsp3) is 0.182. The Morgan fingerprint density at radius 1 is 1.16 bits per heavy atom. The van der Waals surface area contributed by atoms with E-state index in [0.29, 0.717) is 18.1 Å². The molecule has 0 amide bonds. The highest BCUT2D eigenvalue weighted by molar-refractivity contribution is 6.35. The Kier molecular flexibility index (Phi) is 4.55. The van der Waals surface area contributed by atoms with Crippen LogP contribution in [-0.2, 0) is 6.18 Å². The summed E-state index contributed by atoms with van der Waals surface area (Å²) in [5.74, 6) is 1.76. The molecule has 0 saturated carbocycles. The van der Waals surface area contributed by atoms with Crippen molar-refractivity contribution in [3.63, 3.8) is 0 Å². The molecular weight excluding hydrogens is 429 g/mol. The predicted molar refractivity (Wildman–Crippen MR) is 112 cm³/mol. The lowest BCUT2D eigenvalue weighted by Gasteiger charge is -2.34. The highest BCUT2D eigenvalue weighted by Crippen LogP contribution is 2.41. The van der Waals surface area contributed by atoms with Gasteiger partial charge in [-0.3, -0.25) is 0 Å². The summed E-state index contributed by atoms with van der Waals surface area (Å²) in [5, 5.41) is -0.0689. The van der Waals surface area contributed by atoms with Crippen molar-refractivity contribution < 1.29 is 17.9 Å². The first kappa shape index (κ1) is 19.7. The molecule has 158 valence electrons. The van der Waals surface area contributed by atoms with Crippen molar-refractivity contribution in [1.29, 1.82) is 0 Å². The van der Waals surface area contributed by atoms with Gasteiger partial charge in [-0.2, -0.15) is 13.2 Å². The van der Waals surface area contributed by atoms with Gasteiger partial charge in [-0.25, -0.2) is 9.97 Å². The van der Waals surface area contributed by atoms with Gasteiger partial charge in [0.2, 0.25) is 0 Å². The number of anilines is 2. The summed E-state index contributed by atoms with van der Waals surface area (Å²) < 4.78 is 45.6. The van der Waals surface area contributed by atoms with Crippen LogP contribution in [0.15, 0.2) is 54.7 Å². The van der Waals surface area contributed by atoms with Crippen molar-refractivity contribution >= 4 is 34.1 Å². The van der Waals surface area contributed by atoms with E-state index in [1.807, 2.05) is 48.2 Å². The van der Waals surface area contributed by atoms with E-state index in [-0.39, 0.29) is 16.1 Å². The number of aromatic nitrogens is 3. The standard InChI is InChI=1S/C22H16ClF3N4O/c1-12-6-7-19(27-10-12)30-11-18(31-17-5-3-2-4-16(17)30)21-28-15-9-13(22(24,25)26)8-14(23)20(15)29-21/h2-10,18H,11H2,1H3,(H,28,29). The maximum Gasteiger partial charge on any atom is 0.416 e. The first-order valence-electron chi connectivity index (χ1n) is 9.52. The smallest absolute Gasteiger partial charge is 0.416 e. The van der Waals surface area contributed by atoms with Gasteiger partial charge in [0.25, 0.3) is 0 Å². The van der Waals surface area contributed by atoms with Crippen molar-refractivity contribution in [2.45, 2.75) is 19.2 Å². The minimum atomic E-state index is -4.50. The van der Waals surface area contributed by atoms with Crippen LogP contribution in [-0.4, -0.2) is 21.5 Å². The largest absolute Gasteiger partial charge is 0.478 e. The predicted octanol–water partition coefficient (Wildman–Crippen LogP) is 6.21. The van der Waals surface area contributed by atoms with Gasteiger partial charge >= 0.3 is 6.18 Å². The molecule has 1 aliphatic heterocycles. The summed E-state index contributed by atoms with van der Waals surface area (Å²) in [6.07, 6.45) is -3.28. The molecule has 9 heteroatoms. The fourth-order valence-corrected chi connectivity index (χ4v) is 3.89. The van der Waals surface area contributed by atoms with Crippen LogP contribution in [0.5, 0.6) is 5.75 Å². The van der Waals surface area contributed by atoms with E-state index in [1.165, 1.54) is 0 Å². The number of benzene rings is 2. The van der Waals surface area contributed by atoms with Gasteiger partial charge in [0.15, 0.2) is 6.10 Å². The molecule has 4 aromatic rings. The minimum Gasteiger partial charge on any atom is -0.478 e. The van der Waals surface area contributed by atoms with Crippen LogP contribution in [0.2, 0.25) is 5.02 Å². The molecule has 5 nitrogen and oxygen atoms in total. The van der Waals surface area contributed by atoms with Crippen molar-refractivity contribution in [1.82, 2.24) is 15.0 Å². The Labute approximate surface area is 180 Å². The van der Waals surface area contributed by atoms with E-state index in [0.717, 1.165) is 29.2 Å². The fourth-order valence-electron chi connectivity index (χ4n) is 3.62. The average molecular weight is 445 g/mol. The van der Waals surface area contributed by atoms with E-state index in [2.05, 4.69) is 15.0 Å². The molecule has 1 unspecified atom stereocenters. The third kappa shape index (κ3) is 3.57. The first-order chi connectivity index (χ1) is 14.8. The van der Waals surface area contributed by atoms with Crippen molar-refractivity contribution in [2.75, 3.05) is 11.4 Å². The molecule has 31 heavy (non-hydrogen) atoms. The summed E-state index contributed by atoms with van der Waals surface area (Å²) in [4.78, 5) is 13.9. The summed E-state index contributed by atoms with van der Waals surface area (Å²) in [5.41, 5.74) is 1.53. The third-order valence-electron chi connectivity index (χ3n) is 5.14. The lowest BCUT2D eigenvalue weighted by Crippen LogP contribution is -2.32. The zero-order valence-electron chi connectivity index (χ0n) is 16.2. The molecule has 0 bridgehead atoms. The lowest BCUT2D eigenvalue weighted by atomic mass is 10.1. The monoisotopic (exact) mass is 444 g/mol. The number of H-pyrrole nitrogens is 1. The molecule has 3 heterocycles. The van der Waals surface area contributed by atoms with Gasteiger partial charge in [-0.15, -0.1) is 0 Å². The molecule has 2 aromatic carbocycles. The minimum absolute atomic E-state index is 0.0689. The summed E-state index contributed by atoms with van der Waals surface area (Å²) >= 11 is 6.10. The maximum absolute atomic E-state index is 13.2. The topological polar surface area (TPSA) is 54.0 Å². The number of halogens is 4. The van der Waals surface area contributed by atoms with Crippen molar-refractivity contribution in [3.8, 4) is 5.75 Å². The highest BCUT2D eigenvalue weighted by atomic mass is 35.5. The third-order valence-corrected chi connectivity index (χ3v) is 5.42. The molecule has 0 aliphatic carbocycles. The van der Waals surface area contributed by atoms with Gasteiger partial charge in [0, 0.05) is 6.20 Å². The number of para-hydroxylation sites is 2. The Morgan fingerprint density at radius 3 is 2.71 bits per heavy atom. The number of imidazole rings is 1. The number of hydrogen-bond acceptors (Lipinski definition) is 4. The van der Waals surface area contributed by atoms with E-state index in [1.54, 1.807) is 6.20 Å². The molecule has 1 N–H and O–H groups in total. The molecule has 0 radical (unpaired) electrons. The number of rotatable bonds is 2. The van der Waals surface area contributed by atoms with Crippen molar-refractivity contribution in [2.24, 2.45) is 0 Å². The number of nitrogens with zero attached hydrogens (tertiary/aromatic N) is 3. The Morgan fingerprint density at radius 2 is 1.97 bits per heavy atom. The molecule has 2 aromatic heterocycles. The average Bonchev–Trinajstić information content (AvgIpc) is 3.18. The zero-order valence-corrected chi connectivity index (χ0v) is 17.0. The van der Waals surface area contributed by atoms with E-state index in [4.69, 9.17) is 16.3 Å². The van der Waals surface area contributed by atoms with Gasteiger partial charge < -0.3 is 14.6 Å². The Balaban J connectivity index is 1.57. The zero-order chi connectivity index (χ0) is 21.8. The number of alkyl halides is 3.